The minimum Gasteiger partial charge on any atom is -1.00 e. The third-order valence-corrected chi connectivity index (χ3v) is 5.42. The van der Waals surface area contributed by atoms with Crippen LogP contribution in [0.4, 0.5) is 5.69 Å². The zero-order valence-electron chi connectivity index (χ0n) is 16.6. The Morgan fingerprint density at radius 2 is 1.41 bits per heavy atom. The smallest absolute Gasteiger partial charge is 0.429 e. The molecule has 0 bridgehead atoms. The number of hydrogen-bond acceptors (Lipinski definition) is 4. The number of benzene rings is 3. The van der Waals surface area contributed by atoms with Crippen LogP contribution in [-0.4, -0.2) is 9.49 Å². The summed E-state index contributed by atoms with van der Waals surface area (Å²) in [4.78, 5) is 37.3. The van der Waals surface area contributed by atoms with E-state index in [1.165, 1.54) is 12.1 Å². The van der Waals surface area contributed by atoms with E-state index in [2.05, 4.69) is 0 Å². The average Bonchev–Trinajstić information content (AvgIpc) is 2.79. The molecule has 32 heavy (non-hydrogen) atoms. The normalized spacial score (nSPS) is 10.9. The van der Waals surface area contributed by atoms with Crippen molar-refractivity contribution in [2.24, 2.45) is 0 Å². The van der Waals surface area contributed by atoms with Gasteiger partial charge < -0.3 is 21.5 Å². The van der Waals surface area contributed by atoms with Crippen molar-refractivity contribution in [2.45, 2.75) is 6.54 Å². The van der Waals surface area contributed by atoms with Gasteiger partial charge in [-0.1, -0.05) is 40.6 Å². The van der Waals surface area contributed by atoms with E-state index < -0.39 is 16.0 Å². The lowest BCUT2D eigenvalue weighted by molar-refractivity contribution is -0.539. The maximum absolute atomic E-state index is 13.2. The van der Waals surface area contributed by atoms with Crippen molar-refractivity contribution in [2.75, 3.05) is 0 Å². The van der Waals surface area contributed by atoms with E-state index in [0.717, 1.165) is 9.81 Å². The molecule has 2 heterocycles. The van der Waals surface area contributed by atoms with Crippen LogP contribution >= 0.6 is 0 Å². The first-order chi connectivity index (χ1) is 15.0. The van der Waals surface area contributed by atoms with Gasteiger partial charge in [0, 0.05) is 42.5 Å². The number of non-ortho nitro benzene ring substituents is 1. The molecule has 2 aromatic heterocycles. The van der Waals surface area contributed by atoms with E-state index in [9.17, 15) is 19.7 Å². The highest BCUT2D eigenvalue weighted by Crippen LogP contribution is 2.29. The van der Waals surface area contributed by atoms with Crippen LogP contribution in [0.25, 0.3) is 21.5 Å². The number of hydrogen-bond donors (Lipinski definition) is 0. The summed E-state index contributed by atoms with van der Waals surface area (Å²) in [5, 5.41) is 13.0. The molecule has 158 valence electrons. The molecule has 5 aromatic rings. The molecule has 8 heteroatoms. The lowest BCUT2D eigenvalue weighted by Gasteiger charge is -2.05. The minimum absolute atomic E-state index is 0. The maximum Gasteiger partial charge on any atom is 0.429 e. The molecule has 0 amide bonds. The van der Waals surface area contributed by atoms with E-state index in [-0.39, 0.29) is 38.8 Å². The third-order valence-electron chi connectivity index (χ3n) is 5.42. The first-order valence-electron chi connectivity index (χ1n) is 9.66. The first-order valence-corrected chi connectivity index (χ1v) is 9.66. The van der Waals surface area contributed by atoms with Crippen LogP contribution in [0, 0.1) is 15.5 Å². The molecule has 7 nitrogen and oxygen atoms in total. The van der Waals surface area contributed by atoms with Crippen LogP contribution in [0.2, 0.25) is 0 Å². The number of pyridine rings is 2. The van der Waals surface area contributed by atoms with Crippen molar-refractivity contribution in [1.29, 1.82) is 0 Å². The maximum atomic E-state index is 13.2. The number of nitrogens with zero attached hydrogens (tertiary/aromatic N) is 3. The molecule has 0 N–H and O–H groups in total. The zero-order chi connectivity index (χ0) is 21.5. The Morgan fingerprint density at radius 3 is 2.06 bits per heavy atom. The molecule has 0 spiro atoms. The Hall–Kier alpha value is -3.91. The van der Waals surface area contributed by atoms with Gasteiger partial charge in [-0.2, -0.15) is 0 Å². The number of aromatic nitrogens is 2. The predicted molar refractivity (Wildman–Crippen MR) is 116 cm³/mol. The van der Waals surface area contributed by atoms with Gasteiger partial charge in [0.25, 0.3) is 5.69 Å². The SMILES string of the molecule is O=c1c2cccc3c([N+](=O)[O-])ccc(c(=O)[n+]1=c1ccn(Cc4ccccc4)cc1)c32.[Br-]. The van der Waals surface area contributed by atoms with Gasteiger partial charge in [-0.3, -0.25) is 10.1 Å². The standard InChI is InChI=1S/C24H16N3O4.BrH/c28-23-19-8-4-7-18-21(27(30)31)10-9-20(22(18)19)24(29)26(23)17-11-13-25(14-12-17)15-16-5-2-1-3-6-16;/h1-14H,15H2;1H/q+1;/p-1. The van der Waals surface area contributed by atoms with E-state index in [1.54, 1.807) is 30.3 Å². The highest BCUT2D eigenvalue weighted by Gasteiger charge is 2.23. The van der Waals surface area contributed by atoms with E-state index in [1.807, 2.05) is 47.3 Å². The van der Waals surface area contributed by atoms with Crippen LogP contribution in [0.5, 0.6) is 0 Å². The van der Waals surface area contributed by atoms with Crippen LogP contribution < -0.4 is 32.3 Å². The minimum atomic E-state index is -0.507. The van der Waals surface area contributed by atoms with Crippen molar-refractivity contribution < 1.29 is 26.1 Å². The quantitative estimate of drug-likeness (QED) is 0.203. The summed E-state index contributed by atoms with van der Waals surface area (Å²) >= 11 is 0. The van der Waals surface area contributed by atoms with Crippen molar-refractivity contribution in [1.82, 2.24) is 4.57 Å². The Labute approximate surface area is 191 Å². The molecule has 0 aliphatic carbocycles. The van der Waals surface area contributed by atoms with E-state index in [0.29, 0.717) is 17.3 Å². The molecule has 0 aliphatic heterocycles. The predicted octanol–water partition coefficient (Wildman–Crippen LogP) is -0.000110. The monoisotopic (exact) mass is 489 g/mol. The molecule has 3 aromatic carbocycles. The Morgan fingerprint density at radius 1 is 0.781 bits per heavy atom. The van der Waals surface area contributed by atoms with Crippen molar-refractivity contribution >= 4 is 27.2 Å². The molecule has 0 atom stereocenters. The summed E-state index contributed by atoms with van der Waals surface area (Å²) in [5.74, 6) is 0. The lowest BCUT2D eigenvalue weighted by atomic mass is 10.0. The second kappa shape index (κ2) is 8.32. The van der Waals surface area contributed by atoms with Crippen LogP contribution in [0.3, 0.4) is 0 Å². The van der Waals surface area contributed by atoms with Gasteiger partial charge in [0.05, 0.1) is 10.3 Å². The van der Waals surface area contributed by atoms with Crippen LogP contribution in [0.15, 0.2) is 94.8 Å². The molecule has 0 unspecified atom stereocenters. The Balaban J connectivity index is 0.00000245. The zero-order valence-corrected chi connectivity index (χ0v) is 18.2. The van der Waals surface area contributed by atoms with E-state index in [4.69, 9.17) is 0 Å². The fourth-order valence-electron chi connectivity index (χ4n) is 3.97. The topological polar surface area (TPSA) is 88.1 Å². The van der Waals surface area contributed by atoms with Crippen LogP contribution in [-0.2, 0) is 6.54 Å². The molecular weight excluding hydrogens is 474 g/mol. The first kappa shape index (κ1) is 21.3. The van der Waals surface area contributed by atoms with Gasteiger partial charge in [-0.15, -0.1) is 0 Å². The molecular formula is C24H16BrN3O4. The fourth-order valence-corrected chi connectivity index (χ4v) is 3.97. The molecule has 0 aliphatic rings. The highest BCUT2D eigenvalue weighted by atomic mass is 79.9. The number of halogens is 1. The van der Waals surface area contributed by atoms with Crippen molar-refractivity contribution in [3.63, 3.8) is 0 Å². The third kappa shape index (κ3) is 3.44. The number of nitro groups is 1. The summed E-state index contributed by atoms with van der Waals surface area (Å²) in [6, 6.07) is 20.9. The van der Waals surface area contributed by atoms with Gasteiger partial charge in [0.15, 0.2) is 0 Å². The van der Waals surface area contributed by atoms with Gasteiger partial charge >= 0.3 is 11.1 Å². The fraction of sp³-hybridized carbons (Fsp3) is 0.0417. The molecule has 0 fully saturated rings. The van der Waals surface area contributed by atoms with Gasteiger partial charge in [-0.05, 0) is 23.8 Å². The summed E-state index contributed by atoms with van der Waals surface area (Å²) in [6.07, 6.45) is 3.63. The lowest BCUT2D eigenvalue weighted by Crippen LogP contribution is -3.00. The average molecular weight is 490 g/mol. The van der Waals surface area contributed by atoms with Gasteiger partial charge in [0.2, 0.25) is 5.36 Å². The highest BCUT2D eigenvalue weighted by molar-refractivity contribution is 6.12. The molecule has 0 radical (unpaired) electrons. The summed E-state index contributed by atoms with van der Waals surface area (Å²) in [5.41, 5.74) is 0.0118. The Bertz CT molecular complexity index is 1630. The van der Waals surface area contributed by atoms with Crippen molar-refractivity contribution in [3.05, 3.63) is 127 Å². The molecule has 5 rings (SSSR count). The van der Waals surface area contributed by atoms with Gasteiger partial charge in [-0.25, -0.2) is 9.59 Å². The summed E-state index contributed by atoms with van der Waals surface area (Å²) < 4.78 is 3.07. The second-order valence-electron chi connectivity index (χ2n) is 7.28. The summed E-state index contributed by atoms with van der Waals surface area (Å²) in [6.45, 7) is 0.662. The Kier molecular flexibility index (Phi) is 5.54. The van der Waals surface area contributed by atoms with Crippen LogP contribution in [0.1, 0.15) is 5.56 Å². The van der Waals surface area contributed by atoms with Crippen molar-refractivity contribution in [3.8, 4) is 0 Å². The van der Waals surface area contributed by atoms with E-state index >= 15 is 0 Å². The number of nitro benzene ring substituents is 1. The largest absolute Gasteiger partial charge is 1.00 e. The number of rotatable bonds is 3. The molecule has 0 saturated heterocycles. The van der Waals surface area contributed by atoms with Gasteiger partial charge in [0.1, 0.15) is 10.8 Å². The summed E-state index contributed by atoms with van der Waals surface area (Å²) in [7, 11) is 0. The second-order valence-corrected chi connectivity index (χ2v) is 7.28. The molecule has 0 saturated carbocycles.